The summed E-state index contributed by atoms with van der Waals surface area (Å²) in [6, 6.07) is 0. The van der Waals surface area contributed by atoms with Crippen molar-refractivity contribution in [3.8, 4) is 0 Å². The second-order valence-corrected chi connectivity index (χ2v) is 9.65. The fourth-order valence-corrected chi connectivity index (χ4v) is 5.26. The van der Waals surface area contributed by atoms with Gasteiger partial charge in [0.1, 0.15) is 11.0 Å². The third-order valence-electron chi connectivity index (χ3n) is 7.11. The van der Waals surface area contributed by atoms with Gasteiger partial charge in [0.05, 0.1) is 0 Å². The molecule has 0 radical (unpaired) electrons. The van der Waals surface area contributed by atoms with Crippen LogP contribution < -0.4 is 19.6 Å². The molecule has 0 atom stereocenters. The van der Waals surface area contributed by atoms with Gasteiger partial charge in [0.25, 0.3) is 0 Å². The van der Waals surface area contributed by atoms with Gasteiger partial charge < -0.3 is 19.6 Å². The lowest BCUT2D eigenvalue weighted by Crippen LogP contribution is -2.34. The molecule has 0 aromatic carbocycles. The average Bonchev–Trinajstić information content (AvgIpc) is 2.89. The van der Waals surface area contributed by atoms with Crippen molar-refractivity contribution in [3.63, 3.8) is 0 Å². The first-order chi connectivity index (χ1) is 16.7. The van der Waals surface area contributed by atoms with E-state index in [4.69, 9.17) is 19.9 Å². The first-order valence-corrected chi connectivity index (χ1v) is 13.8. The van der Waals surface area contributed by atoms with Crippen LogP contribution in [-0.2, 0) is 0 Å². The van der Waals surface area contributed by atoms with Crippen LogP contribution in [0.15, 0.2) is 0 Å². The first-order valence-electron chi connectivity index (χ1n) is 13.8. The van der Waals surface area contributed by atoms with Crippen LogP contribution >= 0.6 is 0 Å². The van der Waals surface area contributed by atoms with Crippen LogP contribution in [0, 0.1) is 0 Å². The predicted octanol–water partition coefficient (Wildman–Crippen LogP) is 4.87. The molecule has 0 amide bonds. The fourth-order valence-electron chi connectivity index (χ4n) is 5.26. The molecule has 2 aromatic rings. The lowest BCUT2D eigenvalue weighted by atomic mass is 10.1. The molecule has 8 heteroatoms. The van der Waals surface area contributed by atoms with E-state index in [2.05, 4.69) is 47.3 Å². The molecule has 8 nitrogen and oxygen atoms in total. The summed E-state index contributed by atoms with van der Waals surface area (Å²) in [6.07, 6.45) is 9.59. The largest absolute Gasteiger partial charge is 0.355 e. The van der Waals surface area contributed by atoms with Gasteiger partial charge in [-0.1, -0.05) is 13.8 Å². The van der Waals surface area contributed by atoms with Crippen LogP contribution in [0.2, 0.25) is 0 Å². The van der Waals surface area contributed by atoms with E-state index in [9.17, 15) is 0 Å². The summed E-state index contributed by atoms with van der Waals surface area (Å²) in [4.78, 5) is 30.2. The van der Waals surface area contributed by atoms with Crippen LogP contribution in [0.1, 0.15) is 79.1 Å². The van der Waals surface area contributed by atoms with Gasteiger partial charge in [-0.05, 0) is 65.2 Å². The molecule has 188 valence electrons. The van der Waals surface area contributed by atoms with Crippen LogP contribution in [0.25, 0.3) is 11.0 Å². The average molecular weight is 469 g/mol. The Morgan fingerprint density at radius 1 is 0.559 bits per heavy atom. The van der Waals surface area contributed by atoms with Crippen molar-refractivity contribution < 1.29 is 0 Å². The zero-order valence-corrected chi connectivity index (χ0v) is 21.9. The Bertz CT molecular complexity index is 911. The highest BCUT2D eigenvalue weighted by molar-refractivity contribution is 5.95. The topological polar surface area (TPSA) is 64.5 Å². The van der Waals surface area contributed by atoms with Crippen molar-refractivity contribution in [3.05, 3.63) is 0 Å². The third-order valence-corrected chi connectivity index (χ3v) is 7.11. The van der Waals surface area contributed by atoms with Gasteiger partial charge in [0, 0.05) is 52.4 Å². The maximum atomic E-state index is 5.21. The summed E-state index contributed by atoms with van der Waals surface area (Å²) < 4.78 is 0. The molecule has 4 heterocycles. The molecular formula is C26H44N8. The molecule has 4 rings (SSSR count). The van der Waals surface area contributed by atoms with E-state index in [1.165, 1.54) is 38.5 Å². The van der Waals surface area contributed by atoms with Crippen molar-refractivity contribution in [2.24, 2.45) is 0 Å². The SMILES string of the molecule is CCCN(CCC)c1nc(N2CCCCC2)c2nc(N(CC)CC)nc(N3CCCCC3)c2n1. The smallest absolute Gasteiger partial charge is 0.228 e. The molecule has 34 heavy (non-hydrogen) atoms. The monoisotopic (exact) mass is 468 g/mol. The Labute approximate surface area is 205 Å². The lowest BCUT2D eigenvalue weighted by molar-refractivity contribution is 0.571. The molecule has 2 aromatic heterocycles. The van der Waals surface area contributed by atoms with Gasteiger partial charge in [-0.2, -0.15) is 9.97 Å². The van der Waals surface area contributed by atoms with E-state index >= 15 is 0 Å². The summed E-state index contributed by atoms with van der Waals surface area (Å²) in [6.45, 7) is 16.7. The van der Waals surface area contributed by atoms with Crippen LogP contribution in [0.4, 0.5) is 23.5 Å². The zero-order chi connectivity index (χ0) is 23.9. The Kier molecular flexibility index (Phi) is 8.62. The summed E-state index contributed by atoms with van der Waals surface area (Å²) in [5.41, 5.74) is 1.86. The molecule has 2 aliphatic rings. The van der Waals surface area contributed by atoms with Gasteiger partial charge in [-0.15, -0.1) is 0 Å². The molecular weight excluding hydrogens is 424 g/mol. The van der Waals surface area contributed by atoms with Crippen LogP contribution in [0.5, 0.6) is 0 Å². The van der Waals surface area contributed by atoms with Gasteiger partial charge in [-0.25, -0.2) is 9.97 Å². The molecule has 2 fully saturated rings. The number of rotatable bonds is 10. The molecule has 0 bridgehead atoms. The summed E-state index contributed by atoms with van der Waals surface area (Å²) in [7, 11) is 0. The van der Waals surface area contributed by atoms with E-state index < -0.39 is 0 Å². The van der Waals surface area contributed by atoms with Crippen molar-refractivity contribution in [2.45, 2.75) is 79.1 Å². The van der Waals surface area contributed by atoms with Crippen LogP contribution in [0.3, 0.4) is 0 Å². The molecule has 2 saturated heterocycles. The number of nitrogens with zero attached hydrogens (tertiary/aromatic N) is 8. The highest BCUT2D eigenvalue weighted by Crippen LogP contribution is 2.34. The molecule has 0 saturated carbocycles. The minimum Gasteiger partial charge on any atom is -0.355 e. The summed E-state index contributed by atoms with van der Waals surface area (Å²) in [5, 5.41) is 0. The molecule has 0 aliphatic carbocycles. The maximum absolute atomic E-state index is 5.21. The first kappa shape index (κ1) is 24.7. The summed E-state index contributed by atoms with van der Waals surface area (Å²) in [5.74, 6) is 3.66. The van der Waals surface area contributed by atoms with Crippen molar-refractivity contribution in [1.29, 1.82) is 0 Å². The van der Waals surface area contributed by atoms with Gasteiger partial charge >= 0.3 is 0 Å². The fraction of sp³-hybridized carbons (Fsp3) is 0.769. The lowest BCUT2D eigenvalue weighted by Gasteiger charge is -2.32. The maximum Gasteiger partial charge on any atom is 0.228 e. The number of hydrogen-bond acceptors (Lipinski definition) is 8. The number of hydrogen-bond donors (Lipinski definition) is 0. The highest BCUT2D eigenvalue weighted by Gasteiger charge is 2.26. The van der Waals surface area contributed by atoms with E-state index in [0.717, 1.165) is 99.8 Å². The number of fused-ring (bicyclic) bond motifs is 1. The summed E-state index contributed by atoms with van der Waals surface area (Å²) >= 11 is 0. The highest BCUT2D eigenvalue weighted by atomic mass is 15.3. The number of piperidine rings is 2. The van der Waals surface area contributed by atoms with Gasteiger partial charge in [0.15, 0.2) is 11.6 Å². The van der Waals surface area contributed by atoms with Crippen molar-refractivity contribution in [1.82, 2.24) is 19.9 Å². The Balaban J connectivity index is 1.94. The third kappa shape index (κ3) is 5.31. The molecule has 0 unspecified atom stereocenters. The van der Waals surface area contributed by atoms with Crippen molar-refractivity contribution >= 4 is 34.6 Å². The number of aromatic nitrogens is 4. The van der Waals surface area contributed by atoms with Crippen molar-refractivity contribution in [2.75, 3.05) is 72.0 Å². The second-order valence-electron chi connectivity index (χ2n) is 9.65. The van der Waals surface area contributed by atoms with E-state index in [1.807, 2.05) is 0 Å². The second kappa shape index (κ2) is 11.8. The number of anilines is 4. The predicted molar refractivity (Wildman–Crippen MR) is 144 cm³/mol. The zero-order valence-electron chi connectivity index (χ0n) is 21.9. The minimum atomic E-state index is 0.812. The van der Waals surface area contributed by atoms with Gasteiger partial charge in [-0.3, -0.25) is 0 Å². The van der Waals surface area contributed by atoms with E-state index in [1.54, 1.807) is 0 Å². The van der Waals surface area contributed by atoms with Gasteiger partial charge in [0.2, 0.25) is 11.9 Å². The molecule has 2 aliphatic heterocycles. The van der Waals surface area contributed by atoms with E-state index in [-0.39, 0.29) is 0 Å². The van der Waals surface area contributed by atoms with E-state index in [0.29, 0.717) is 0 Å². The Morgan fingerprint density at radius 3 is 1.35 bits per heavy atom. The minimum absolute atomic E-state index is 0.812. The molecule has 0 spiro atoms. The Hall–Kier alpha value is -2.38. The standard InChI is InChI=1S/C26H44N8/c1-5-15-34(16-6-2)26-28-22-21(24(30-26)33-19-13-10-14-20-33)27-25(31(7-3)8-4)29-23(22)32-17-11-9-12-18-32/h5-20H2,1-4H3. The van der Waals surface area contributed by atoms with Crippen LogP contribution in [-0.4, -0.2) is 72.3 Å². The Morgan fingerprint density at radius 2 is 0.971 bits per heavy atom. The molecule has 0 N–H and O–H groups in total. The quantitative estimate of drug-likeness (QED) is 0.489. The normalized spacial score (nSPS) is 16.8.